The average Bonchev–Trinajstić information content (AvgIpc) is 2.44. The van der Waals surface area contributed by atoms with Gasteiger partial charge in [0.2, 0.25) is 0 Å². The van der Waals surface area contributed by atoms with E-state index in [1.807, 2.05) is 12.1 Å². The zero-order chi connectivity index (χ0) is 15.2. The highest BCUT2D eigenvalue weighted by atomic mass is 79.9. The van der Waals surface area contributed by atoms with Crippen LogP contribution in [0.1, 0.15) is 30.5 Å². The van der Waals surface area contributed by atoms with Crippen molar-refractivity contribution in [2.24, 2.45) is 0 Å². The highest BCUT2D eigenvalue weighted by Crippen LogP contribution is 2.26. The van der Waals surface area contributed by atoms with E-state index in [1.54, 1.807) is 0 Å². The molecular formula is C17H18Br2ClN. The Morgan fingerprint density at radius 1 is 1.05 bits per heavy atom. The molecule has 0 aliphatic rings. The van der Waals surface area contributed by atoms with Crippen molar-refractivity contribution in [1.29, 1.82) is 0 Å². The standard InChI is InChI=1S/C17H18Br2ClN/c1-2-7-21-17(8-12-3-5-16(20)6-4-12)13-9-14(18)11-15(19)10-13/h3-6,9-11,17,21H,2,7-8H2,1H3. The third kappa shape index (κ3) is 5.41. The van der Waals surface area contributed by atoms with E-state index in [0.717, 1.165) is 33.4 Å². The van der Waals surface area contributed by atoms with Crippen molar-refractivity contribution in [2.75, 3.05) is 6.54 Å². The van der Waals surface area contributed by atoms with E-state index in [-0.39, 0.29) is 0 Å². The maximum atomic E-state index is 5.96. The van der Waals surface area contributed by atoms with Crippen LogP contribution in [0.15, 0.2) is 51.4 Å². The van der Waals surface area contributed by atoms with Crippen LogP contribution in [0.25, 0.3) is 0 Å². The molecule has 0 aliphatic carbocycles. The Bertz CT molecular complexity index is 564. The van der Waals surface area contributed by atoms with Crippen molar-refractivity contribution >= 4 is 43.5 Å². The van der Waals surface area contributed by atoms with Gasteiger partial charge in [0.25, 0.3) is 0 Å². The minimum atomic E-state index is 0.292. The molecule has 0 fully saturated rings. The number of rotatable bonds is 6. The van der Waals surface area contributed by atoms with Crippen LogP contribution in [0.4, 0.5) is 0 Å². The summed E-state index contributed by atoms with van der Waals surface area (Å²) >= 11 is 13.1. The first-order valence-electron chi connectivity index (χ1n) is 7.02. The highest BCUT2D eigenvalue weighted by Gasteiger charge is 2.13. The molecule has 21 heavy (non-hydrogen) atoms. The Kier molecular flexibility index (Phi) is 6.74. The number of hydrogen-bond donors (Lipinski definition) is 1. The number of benzene rings is 2. The smallest absolute Gasteiger partial charge is 0.0406 e. The highest BCUT2D eigenvalue weighted by molar-refractivity contribution is 9.11. The van der Waals surface area contributed by atoms with Crippen LogP contribution in [0.3, 0.4) is 0 Å². The summed E-state index contributed by atoms with van der Waals surface area (Å²) in [5.74, 6) is 0. The first-order valence-corrected chi connectivity index (χ1v) is 8.98. The number of hydrogen-bond acceptors (Lipinski definition) is 1. The Morgan fingerprint density at radius 3 is 2.24 bits per heavy atom. The van der Waals surface area contributed by atoms with Crippen molar-refractivity contribution in [1.82, 2.24) is 5.32 Å². The summed E-state index contributed by atoms with van der Waals surface area (Å²) in [7, 11) is 0. The van der Waals surface area contributed by atoms with Crippen LogP contribution in [-0.4, -0.2) is 6.54 Å². The molecule has 0 saturated heterocycles. The van der Waals surface area contributed by atoms with Crippen LogP contribution in [0.5, 0.6) is 0 Å². The third-order valence-electron chi connectivity index (χ3n) is 3.28. The van der Waals surface area contributed by atoms with E-state index in [1.165, 1.54) is 11.1 Å². The third-order valence-corrected chi connectivity index (χ3v) is 4.45. The lowest BCUT2D eigenvalue weighted by molar-refractivity contribution is 0.529. The van der Waals surface area contributed by atoms with E-state index in [4.69, 9.17) is 11.6 Å². The molecule has 2 aromatic rings. The molecule has 1 nitrogen and oxygen atoms in total. The second-order valence-electron chi connectivity index (χ2n) is 5.04. The largest absolute Gasteiger partial charge is 0.310 e. The molecular weight excluding hydrogens is 413 g/mol. The quantitative estimate of drug-likeness (QED) is 0.579. The summed E-state index contributed by atoms with van der Waals surface area (Å²) in [5, 5.41) is 4.41. The monoisotopic (exact) mass is 429 g/mol. The lowest BCUT2D eigenvalue weighted by atomic mass is 9.99. The molecule has 0 aromatic heterocycles. The zero-order valence-corrected chi connectivity index (χ0v) is 15.8. The van der Waals surface area contributed by atoms with E-state index in [0.29, 0.717) is 6.04 Å². The van der Waals surface area contributed by atoms with Gasteiger partial charge in [0, 0.05) is 20.0 Å². The van der Waals surface area contributed by atoms with Crippen molar-refractivity contribution in [2.45, 2.75) is 25.8 Å². The number of halogens is 3. The molecule has 2 rings (SSSR count). The molecule has 1 unspecified atom stereocenters. The molecule has 0 spiro atoms. The maximum absolute atomic E-state index is 5.96. The van der Waals surface area contributed by atoms with Crippen molar-refractivity contribution < 1.29 is 0 Å². The number of nitrogens with one attached hydrogen (secondary N) is 1. The SMILES string of the molecule is CCCNC(Cc1ccc(Cl)cc1)c1cc(Br)cc(Br)c1. The van der Waals surface area contributed by atoms with E-state index in [2.05, 4.69) is 74.4 Å². The molecule has 112 valence electrons. The summed E-state index contributed by atoms with van der Waals surface area (Å²) in [6.07, 6.45) is 2.06. The molecule has 0 heterocycles. The topological polar surface area (TPSA) is 12.0 Å². The summed E-state index contributed by atoms with van der Waals surface area (Å²) in [5.41, 5.74) is 2.56. The van der Waals surface area contributed by atoms with E-state index < -0.39 is 0 Å². The van der Waals surface area contributed by atoms with Crippen LogP contribution >= 0.6 is 43.5 Å². The fraction of sp³-hybridized carbons (Fsp3) is 0.294. The summed E-state index contributed by atoms with van der Waals surface area (Å²) in [6, 6.07) is 14.8. The van der Waals surface area contributed by atoms with Crippen LogP contribution in [0.2, 0.25) is 5.02 Å². The molecule has 4 heteroatoms. The van der Waals surface area contributed by atoms with Gasteiger partial charge in [-0.2, -0.15) is 0 Å². The first kappa shape index (κ1) is 17.0. The van der Waals surface area contributed by atoms with Gasteiger partial charge in [0.05, 0.1) is 0 Å². The minimum absolute atomic E-state index is 0.292. The Morgan fingerprint density at radius 2 is 1.67 bits per heavy atom. The van der Waals surface area contributed by atoms with Crippen LogP contribution in [-0.2, 0) is 6.42 Å². The molecule has 0 radical (unpaired) electrons. The lowest BCUT2D eigenvalue weighted by Gasteiger charge is -2.20. The normalized spacial score (nSPS) is 12.4. The predicted molar refractivity (Wildman–Crippen MR) is 98.0 cm³/mol. The molecule has 1 atom stereocenters. The van der Waals surface area contributed by atoms with Gasteiger partial charge in [-0.15, -0.1) is 0 Å². The molecule has 1 N–H and O–H groups in total. The van der Waals surface area contributed by atoms with Gasteiger partial charge < -0.3 is 5.32 Å². The van der Waals surface area contributed by atoms with Crippen LogP contribution < -0.4 is 5.32 Å². The summed E-state index contributed by atoms with van der Waals surface area (Å²) in [6.45, 7) is 3.19. The fourth-order valence-corrected chi connectivity index (χ4v) is 3.71. The van der Waals surface area contributed by atoms with Gasteiger partial charge in [-0.25, -0.2) is 0 Å². The maximum Gasteiger partial charge on any atom is 0.0406 e. The second-order valence-corrected chi connectivity index (χ2v) is 7.31. The fourth-order valence-electron chi connectivity index (χ4n) is 2.26. The first-order chi connectivity index (χ1) is 10.1. The van der Waals surface area contributed by atoms with Gasteiger partial charge >= 0.3 is 0 Å². The average molecular weight is 432 g/mol. The molecule has 0 aliphatic heterocycles. The Hall–Kier alpha value is -0.350. The van der Waals surface area contributed by atoms with Gasteiger partial charge in [-0.05, 0) is 60.8 Å². The second kappa shape index (κ2) is 8.33. The Labute approximate surface area is 148 Å². The van der Waals surface area contributed by atoms with Gasteiger partial charge in [-0.1, -0.05) is 62.5 Å². The van der Waals surface area contributed by atoms with Gasteiger partial charge in [0.15, 0.2) is 0 Å². The summed E-state index contributed by atoms with van der Waals surface area (Å²) in [4.78, 5) is 0. The van der Waals surface area contributed by atoms with Crippen LogP contribution in [0, 0.1) is 0 Å². The van der Waals surface area contributed by atoms with Gasteiger partial charge in [-0.3, -0.25) is 0 Å². The molecule has 0 amide bonds. The van der Waals surface area contributed by atoms with E-state index >= 15 is 0 Å². The minimum Gasteiger partial charge on any atom is -0.310 e. The molecule has 2 aromatic carbocycles. The van der Waals surface area contributed by atoms with Crippen molar-refractivity contribution in [3.05, 3.63) is 67.6 Å². The molecule has 0 bridgehead atoms. The van der Waals surface area contributed by atoms with Gasteiger partial charge in [0.1, 0.15) is 0 Å². The van der Waals surface area contributed by atoms with Crippen molar-refractivity contribution in [3.8, 4) is 0 Å². The van der Waals surface area contributed by atoms with Crippen molar-refractivity contribution in [3.63, 3.8) is 0 Å². The predicted octanol–water partition coefficient (Wildman–Crippen LogP) is 6.15. The summed E-state index contributed by atoms with van der Waals surface area (Å²) < 4.78 is 2.18. The zero-order valence-electron chi connectivity index (χ0n) is 11.9. The lowest BCUT2D eigenvalue weighted by Crippen LogP contribution is -2.24. The van der Waals surface area contributed by atoms with E-state index in [9.17, 15) is 0 Å². The molecule has 0 saturated carbocycles. The Balaban J connectivity index is 2.22.